The van der Waals surface area contributed by atoms with Crippen molar-refractivity contribution in [3.63, 3.8) is 0 Å². The van der Waals surface area contributed by atoms with E-state index >= 15 is 0 Å². The first-order chi connectivity index (χ1) is 14.8. The summed E-state index contributed by atoms with van der Waals surface area (Å²) in [7, 11) is -3.26. The number of likely N-dealkylation sites (tertiary alicyclic amines) is 1. The molecule has 0 saturated carbocycles. The van der Waals surface area contributed by atoms with Crippen LogP contribution in [0.1, 0.15) is 23.6 Å². The zero-order chi connectivity index (χ0) is 22.0. The summed E-state index contributed by atoms with van der Waals surface area (Å²) in [4.78, 5) is 38.4. The van der Waals surface area contributed by atoms with Crippen molar-refractivity contribution in [1.82, 2.24) is 19.9 Å². The molecule has 1 aromatic carbocycles. The van der Waals surface area contributed by atoms with Gasteiger partial charge in [0, 0.05) is 37.5 Å². The van der Waals surface area contributed by atoms with E-state index in [0.717, 1.165) is 18.2 Å². The summed E-state index contributed by atoms with van der Waals surface area (Å²) in [6.45, 7) is 1.07. The van der Waals surface area contributed by atoms with E-state index in [1.165, 1.54) is 18.2 Å². The van der Waals surface area contributed by atoms with Crippen LogP contribution in [0.5, 0.6) is 0 Å². The van der Waals surface area contributed by atoms with Crippen LogP contribution in [0.3, 0.4) is 0 Å². The summed E-state index contributed by atoms with van der Waals surface area (Å²) >= 11 is 0. The highest BCUT2D eigenvalue weighted by Gasteiger charge is 2.29. The van der Waals surface area contributed by atoms with Crippen LogP contribution in [0.4, 0.5) is 0 Å². The van der Waals surface area contributed by atoms with Crippen LogP contribution < -0.4 is 5.56 Å². The Morgan fingerprint density at radius 3 is 2.65 bits per heavy atom. The van der Waals surface area contributed by atoms with E-state index in [-0.39, 0.29) is 28.7 Å². The van der Waals surface area contributed by atoms with Crippen molar-refractivity contribution in [1.29, 1.82) is 0 Å². The van der Waals surface area contributed by atoms with Crippen LogP contribution in [0, 0.1) is 0 Å². The molecule has 3 aromatic rings. The van der Waals surface area contributed by atoms with Gasteiger partial charge in [-0.2, -0.15) is 0 Å². The molecule has 1 aliphatic heterocycles. The van der Waals surface area contributed by atoms with Gasteiger partial charge in [0.05, 0.1) is 17.0 Å². The minimum atomic E-state index is -3.26. The van der Waals surface area contributed by atoms with E-state index in [9.17, 15) is 18.0 Å². The lowest BCUT2D eigenvalue weighted by Gasteiger charge is -2.17. The molecule has 1 aliphatic rings. The second kappa shape index (κ2) is 8.43. The van der Waals surface area contributed by atoms with Gasteiger partial charge in [-0.05, 0) is 36.2 Å². The Kier molecular flexibility index (Phi) is 5.69. The number of aromatic amines is 1. The van der Waals surface area contributed by atoms with Gasteiger partial charge in [-0.3, -0.25) is 14.6 Å². The summed E-state index contributed by atoms with van der Waals surface area (Å²) in [5.74, 6) is 0.351. The Balaban J connectivity index is 1.45. The molecule has 0 bridgehead atoms. The topological polar surface area (TPSA) is 113 Å². The minimum Gasteiger partial charge on any atom is -0.342 e. The summed E-state index contributed by atoms with van der Waals surface area (Å²) in [5, 5.41) is 0. The van der Waals surface area contributed by atoms with Gasteiger partial charge < -0.3 is 9.88 Å². The van der Waals surface area contributed by atoms with Gasteiger partial charge in [0.1, 0.15) is 5.69 Å². The SMILES string of the molecule is CS(=O)(=O)c1ccc(CC(=O)N2CCC(c3cc(=O)[nH]c(-c4ccccn4)n3)C2)cc1. The zero-order valence-electron chi connectivity index (χ0n) is 17.0. The lowest BCUT2D eigenvalue weighted by atomic mass is 10.0. The summed E-state index contributed by atoms with van der Waals surface area (Å²) in [6.07, 6.45) is 3.70. The highest BCUT2D eigenvalue weighted by Crippen LogP contribution is 2.26. The van der Waals surface area contributed by atoms with Crippen molar-refractivity contribution >= 4 is 15.7 Å². The molecule has 2 aromatic heterocycles. The molecule has 8 nitrogen and oxygen atoms in total. The number of nitrogens with one attached hydrogen (secondary N) is 1. The number of H-pyrrole nitrogens is 1. The van der Waals surface area contributed by atoms with E-state index in [1.807, 2.05) is 6.07 Å². The number of benzene rings is 1. The number of rotatable bonds is 5. The number of sulfone groups is 1. The van der Waals surface area contributed by atoms with E-state index in [4.69, 9.17) is 0 Å². The molecule has 1 amide bonds. The van der Waals surface area contributed by atoms with Crippen LogP contribution in [0.15, 0.2) is 64.4 Å². The molecule has 0 aliphatic carbocycles. The van der Waals surface area contributed by atoms with Gasteiger partial charge in [-0.25, -0.2) is 13.4 Å². The quantitative estimate of drug-likeness (QED) is 0.650. The number of carbonyl (C=O) groups excluding carboxylic acids is 1. The average molecular weight is 439 g/mol. The van der Waals surface area contributed by atoms with Crippen LogP contribution in [-0.2, 0) is 21.1 Å². The number of carbonyl (C=O) groups is 1. The zero-order valence-corrected chi connectivity index (χ0v) is 17.8. The van der Waals surface area contributed by atoms with E-state index in [1.54, 1.807) is 35.4 Å². The Morgan fingerprint density at radius 1 is 1.19 bits per heavy atom. The van der Waals surface area contributed by atoms with Crippen LogP contribution in [-0.4, -0.2) is 53.5 Å². The highest BCUT2D eigenvalue weighted by molar-refractivity contribution is 7.90. The van der Waals surface area contributed by atoms with E-state index < -0.39 is 9.84 Å². The van der Waals surface area contributed by atoms with Crippen molar-refractivity contribution < 1.29 is 13.2 Å². The summed E-state index contributed by atoms with van der Waals surface area (Å²) in [5.41, 5.74) is 1.75. The van der Waals surface area contributed by atoms with Crippen LogP contribution >= 0.6 is 0 Å². The third-order valence-corrected chi connectivity index (χ3v) is 6.46. The molecule has 1 saturated heterocycles. The average Bonchev–Trinajstić information content (AvgIpc) is 3.24. The molecule has 4 rings (SSSR count). The van der Waals surface area contributed by atoms with Gasteiger partial charge in [-0.15, -0.1) is 0 Å². The molecular weight excluding hydrogens is 416 g/mol. The van der Waals surface area contributed by atoms with Crippen LogP contribution in [0.25, 0.3) is 11.5 Å². The van der Waals surface area contributed by atoms with Crippen molar-refractivity contribution in [3.8, 4) is 11.5 Å². The molecule has 0 radical (unpaired) electrons. The largest absolute Gasteiger partial charge is 0.342 e. The lowest BCUT2D eigenvalue weighted by Crippen LogP contribution is -2.30. The van der Waals surface area contributed by atoms with Gasteiger partial charge in [0.15, 0.2) is 15.7 Å². The summed E-state index contributed by atoms with van der Waals surface area (Å²) < 4.78 is 23.2. The molecule has 0 spiro atoms. The lowest BCUT2D eigenvalue weighted by molar-refractivity contribution is -0.129. The van der Waals surface area contributed by atoms with Crippen molar-refractivity contribution in [2.24, 2.45) is 0 Å². The second-order valence-corrected chi connectivity index (χ2v) is 9.67. The molecule has 1 fully saturated rings. The van der Waals surface area contributed by atoms with E-state index in [2.05, 4.69) is 15.0 Å². The second-order valence-electron chi connectivity index (χ2n) is 7.65. The number of amides is 1. The van der Waals surface area contributed by atoms with Gasteiger partial charge in [0.2, 0.25) is 5.91 Å². The van der Waals surface area contributed by atoms with Crippen molar-refractivity contribution in [2.75, 3.05) is 19.3 Å². The highest BCUT2D eigenvalue weighted by atomic mass is 32.2. The maximum Gasteiger partial charge on any atom is 0.251 e. The Bertz CT molecular complexity index is 1250. The Morgan fingerprint density at radius 2 is 1.97 bits per heavy atom. The molecule has 1 unspecified atom stereocenters. The maximum absolute atomic E-state index is 12.7. The first-order valence-electron chi connectivity index (χ1n) is 9.89. The van der Waals surface area contributed by atoms with Crippen LogP contribution in [0.2, 0.25) is 0 Å². The Hall–Kier alpha value is -3.33. The predicted molar refractivity (Wildman–Crippen MR) is 115 cm³/mol. The maximum atomic E-state index is 12.7. The van der Waals surface area contributed by atoms with Crippen molar-refractivity contribution in [3.05, 3.63) is 76.3 Å². The van der Waals surface area contributed by atoms with E-state index in [0.29, 0.717) is 30.3 Å². The van der Waals surface area contributed by atoms with Crippen molar-refractivity contribution in [2.45, 2.75) is 23.7 Å². The normalized spacial score (nSPS) is 16.4. The molecule has 3 heterocycles. The first-order valence-corrected chi connectivity index (χ1v) is 11.8. The third kappa shape index (κ3) is 4.88. The smallest absolute Gasteiger partial charge is 0.251 e. The Labute approximate surface area is 179 Å². The molecular formula is C22H22N4O4S. The monoisotopic (exact) mass is 438 g/mol. The fourth-order valence-corrected chi connectivity index (χ4v) is 4.31. The van der Waals surface area contributed by atoms with Gasteiger partial charge >= 0.3 is 0 Å². The third-order valence-electron chi connectivity index (χ3n) is 5.34. The molecule has 31 heavy (non-hydrogen) atoms. The predicted octanol–water partition coefficient (Wildman–Crippen LogP) is 1.79. The molecule has 160 valence electrons. The first kappa shape index (κ1) is 20.9. The number of nitrogens with zero attached hydrogens (tertiary/aromatic N) is 3. The summed E-state index contributed by atoms with van der Waals surface area (Å²) in [6, 6.07) is 13.2. The molecule has 9 heteroatoms. The number of aromatic nitrogens is 3. The standard InChI is InChI=1S/C22H22N4O4S/c1-31(29,30)17-7-5-15(6-8-17)12-21(28)26-11-9-16(14-26)19-13-20(27)25-22(24-19)18-4-2-3-10-23-18/h2-8,10,13,16H,9,11-12,14H2,1H3,(H,24,25,27). The number of pyridine rings is 1. The number of hydrogen-bond donors (Lipinski definition) is 1. The van der Waals surface area contributed by atoms with Gasteiger partial charge in [-0.1, -0.05) is 18.2 Å². The molecule has 1 N–H and O–H groups in total. The fraction of sp³-hybridized carbons (Fsp3) is 0.273. The molecule has 1 atom stereocenters. The number of hydrogen-bond acceptors (Lipinski definition) is 6. The van der Waals surface area contributed by atoms with Gasteiger partial charge in [0.25, 0.3) is 5.56 Å². The minimum absolute atomic E-state index is 0.0266. The fourth-order valence-electron chi connectivity index (χ4n) is 3.68.